The van der Waals surface area contributed by atoms with E-state index in [1.54, 1.807) is 24.3 Å². The predicted octanol–water partition coefficient (Wildman–Crippen LogP) is 1.12. The number of aromatic nitrogens is 1. The van der Waals surface area contributed by atoms with Crippen LogP contribution in [0.1, 0.15) is 12.5 Å². The number of rotatable bonds is 7. The van der Waals surface area contributed by atoms with Gasteiger partial charge in [0.2, 0.25) is 0 Å². The van der Waals surface area contributed by atoms with Gasteiger partial charge in [-0.15, -0.1) is 0 Å². The molecular formula is C19H21N3O5. The zero-order chi connectivity index (χ0) is 19.6. The number of hydrogen-bond donors (Lipinski definition) is 2. The fraction of sp³-hybridized carbons (Fsp3) is 0.211. The van der Waals surface area contributed by atoms with Crippen LogP contribution in [-0.2, 0) is 16.1 Å². The number of amides is 2. The van der Waals surface area contributed by atoms with E-state index in [0.29, 0.717) is 11.5 Å². The number of pyridine rings is 1. The summed E-state index contributed by atoms with van der Waals surface area (Å²) in [6.07, 6.45) is 5.29. The van der Waals surface area contributed by atoms with E-state index in [4.69, 9.17) is 9.47 Å². The first-order chi connectivity index (χ1) is 13.0. The topological polar surface area (TPSA) is 98.7 Å². The van der Waals surface area contributed by atoms with Crippen LogP contribution in [0.3, 0.4) is 0 Å². The van der Waals surface area contributed by atoms with Crippen molar-refractivity contribution in [3.05, 3.63) is 64.6 Å². The van der Waals surface area contributed by atoms with Gasteiger partial charge in [-0.2, -0.15) is 0 Å². The number of benzene rings is 1. The van der Waals surface area contributed by atoms with Crippen molar-refractivity contribution in [3.63, 3.8) is 0 Å². The van der Waals surface area contributed by atoms with Gasteiger partial charge in [-0.25, -0.2) is 0 Å². The average molecular weight is 371 g/mol. The lowest BCUT2D eigenvalue weighted by atomic mass is 10.2. The second kappa shape index (κ2) is 9.81. The van der Waals surface area contributed by atoms with E-state index in [-0.39, 0.29) is 18.7 Å². The third kappa shape index (κ3) is 6.03. The number of methoxy groups -OCH3 is 1. The van der Waals surface area contributed by atoms with Gasteiger partial charge in [-0.1, -0.05) is 24.3 Å². The molecule has 0 unspecified atom stereocenters. The summed E-state index contributed by atoms with van der Waals surface area (Å²) >= 11 is 0. The molecule has 0 atom stereocenters. The van der Waals surface area contributed by atoms with Crippen molar-refractivity contribution in [2.75, 3.05) is 13.7 Å². The fourth-order valence-corrected chi connectivity index (χ4v) is 2.20. The summed E-state index contributed by atoms with van der Waals surface area (Å²) < 4.78 is 11.9. The molecule has 0 spiro atoms. The second-order valence-corrected chi connectivity index (χ2v) is 5.46. The summed E-state index contributed by atoms with van der Waals surface area (Å²) in [6, 6.07) is 9.86. The Morgan fingerprint density at radius 2 is 1.89 bits per heavy atom. The van der Waals surface area contributed by atoms with Crippen LogP contribution in [0.15, 0.2) is 53.5 Å². The number of carbonyl (C=O) groups excluding carboxylic acids is 2. The Hall–Kier alpha value is -3.55. The number of allylic oxidation sites excluding steroid dienone is 1. The van der Waals surface area contributed by atoms with Crippen molar-refractivity contribution in [3.8, 4) is 11.5 Å². The summed E-state index contributed by atoms with van der Waals surface area (Å²) in [4.78, 5) is 35.2. The number of nitrogens with one attached hydrogen (secondary N) is 2. The number of ether oxygens (including phenoxy) is 2. The molecule has 8 heteroatoms. The smallest absolute Gasteiger partial charge is 0.276 e. The van der Waals surface area contributed by atoms with Gasteiger partial charge in [0.15, 0.2) is 18.1 Å². The third-order valence-corrected chi connectivity index (χ3v) is 3.46. The van der Waals surface area contributed by atoms with Gasteiger partial charge >= 0.3 is 0 Å². The van der Waals surface area contributed by atoms with E-state index in [9.17, 15) is 14.4 Å². The lowest BCUT2D eigenvalue weighted by Crippen LogP contribution is -2.45. The van der Waals surface area contributed by atoms with Crippen LogP contribution in [0.25, 0.3) is 6.08 Å². The molecule has 0 radical (unpaired) electrons. The average Bonchev–Trinajstić information content (AvgIpc) is 2.67. The van der Waals surface area contributed by atoms with Crippen LogP contribution in [0.4, 0.5) is 0 Å². The minimum Gasteiger partial charge on any atom is -0.493 e. The molecule has 2 amide bonds. The molecule has 2 rings (SSSR count). The first kappa shape index (κ1) is 19.8. The van der Waals surface area contributed by atoms with E-state index >= 15 is 0 Å². The minimum atomic E-state index is -0.552. The fourth-order valence-electron chi connectivity index (χ4n) is 2.20. The molecule has 0 fully saturated rings. The van der Waals surface area contributed by atoms with Crippen molar-refractivity contribution in [1.82, 2.24) is 15.4 Å². The minimum absolute atomic E-state index is 0.207. The highest BCUT2D eigenvalue weighted by atomic mass is 16.5. The van der Waals surface area contributed by atoms with Crippen molar-refractivity contribution in [1.29, 1.82) is 0 Å². The number of hydrogen-bond acceptors (Lipinski definition) is 5. The first-order valence-corrected chi connectivity index (χ1v) is 8.20. The Labute approximate surface area is 156 Å². The van der Waals surface area contributed by atoms with Gasteiger partial charge in [-0.3, -0.25) is 25.2 Å². The maximum atomic E-state index is 11.8. The van der Waals surface area contributed by atoms with E-state index in [2.05, 4.69) is 10.9 Å². The van der Waals surface area contributed by atoms with Crippen LogP contribution in [0, 0.1) is 0 Å². The number of nitrogens with zero attached hydrogens (tertiary/aromatic N) is 1. The van der Waals surface area contributed by atoms with Crippen LogP contribution in [0.5, 0.6) is 11.5 Å². The molecule has 8 nitrogen and oxygen atoms in total. The zero-order valence-electron chi connectivity index (χ0n) is 15.1. The Morgan fingerprint density at radius 3 is 2.59 bits per heavy atom. The maximum absolute atomic E-state index is 11.8. The lowest BCUT2D eigenvalue weighted by molar-refractivity contribution is -0.130. The van der Waals surface area contributed by atoms with Crippen LogP contribution in [0.2, 0.25) is 0 Å². The molecule has 142 valence electrons. The van der Waals surface area contributed by atoms with Gasteiger partial charge in [0.05, 0.1) is 7.11 Å². The van der Waals surface area contributed by atoms with Crippen molar-refractivity contribution >= 4 is 17.9 Å². The first-order valence-electron chi connectivity index (χ1n) is 8.20. The molecule has 0 aliphatic heterocycles. The Morgan fingerprint density at radius 1 is 1.11 bits per heavy atom. The molecular weight excluding hydrogens is 350 g/mol. The SMILES string of the molecule is C/C=C/c1ccc(OCC(=O)NNC(=O)Cn2ccccc2=O)c(OC)c1. The molecule has 1 aromatic heterocycles. The van der Waals surface area contributed by atoms with E-state index < -0.39 is 11.8 Å². The number of carbonyl (C=O) groups is 2. The highest BCUT2D eigenvalue weighted by Crippen LogP contribution is 2.28. The van der Waals surface area contributed by atoms with E-state index in [0.717, 1.165) is 5.56 Å². The lowest BCUT2D eigenvalue weighted by Gasteiger charge is -2.12. The number of hydrazine groups is 1. The zero-order valence-corrected chi connectivity index (χ0v) is 15.1. The van der Waals surface area contributed by atoms with Gasteiger partial charge < -0.3 is 14.0 Å². The summed E-state index contributed by atoms with van der Waals surface area (Å²) in [5.74, 6) is -0.192. The Bertz CT molecular complexity index is 889. The summed E-state index contributed by atoms with van der Waals surface area (Å²) in [5.41, 5.74) is 5.09. The third-order valence-electron chi connectivity index (χ3n) is 3.46. The molecule has 1 heterocycles. The maximum Gasteiger partial charge on any atom is 0.276 e. The molecule has 0 aliphatic carbocycles. The van der Waals surface area contributed by atoms with Crippen molar-refractivity contribution < 1.29 is 19.1 Å². The van der Waals surface area contributed by atoms with Crippen LogP contribution in [-0.4, -0.2) is 30.1 Å². The molecule has 0 saturated carbocycles. The standard InChI is InChI=1S/C19H21N3O5/c1-3-6-14-8-9-15(16(11-14)26-2)27-13-18(24)21-20-17(23)12-22-10-5-4-7-19(22)25/h3-11H,12-13H2,1-2H3,(H,20,23)(H,21,24)/b6-3+. The molecule has 27 heavy (non-hydrogen) atoms. The van der Waals surface area contributed by atoms with Gasteiger partial charge in [0.1, 0.15) is 6.54 Å². The molecule has 2 aromatic rings. The quantitative estimate of drug-likeness (QED) is 0.711. The molecule has 2 N–H and O–H groups in total. The van der Waals surface area contributed by atoms with Gasteiger partial charge in [-0.05, 0) is 30.7 Å². The van der Waals surface area contributed by atoms with Gasteiger partial charge in [0.25, 0.3) is 17.4 Å². The van der Waals surface area contributed by atoms with E-state index in [1.165, 1.54) is 23.9 Å². The van der Waals surface area contributed by atoms with Gasteiger partial charge in [0, 0.05) is 12.3 Å². The summed E-state index contributed by atoms with van der Waals surface area (Å²) in [6.45, 7) is 1.38. The Kier molecular flexibility index (Phi) is 7.18. The van der Waals surface area contributed by atoms with Crippen LogP contribution >= 0.6 is 0 Å². The predicted molar refractivity (Wildman–Crippen MR) is 100 cm³/mol. The van der Waals surface area contributed by atoms with E-state index in [1.807, 2.05) is 25.1 Å². The largest absolute Gasteiger partial charge is 0.493 e. The highest BCUT2D eigenvalue weighted by Gasteiger charge is 2.10. The molecule has 0 saturated heterocycles. The molecule has 0 aliphatic rings. The monoisotopic (exact) mass is 371 g/mol. The summed E-state index contributed by atoms with van der Waals surface area (Å²) in [5, 5.41) is 0. The highest BCUT2D eigenvalue weighted by molar-refractivity contribution is 5.82. The summed E-state index contributed by atoms with van der Waals surface area (Å²) in [7, 11) is 1.51. The second-order valence-electron chi connectivity index (χ2n) is 5.46. The van der Waals surface area contributed by atoms with Crippen molar-refractivity contribution in [2.45, 2.75) is 13.5 Å². The molecule has 1 aromatic carbocycles. The van der Waals surface area contributed by atoms with Crippen LogP contribution < -0.4 is 25.9 Å². The molecule has 0 bridgehead atoms. The Balaban J connectivity index is 1.83. The van der Waals surface area contributed by atoms with Crippen molar-refractivity contribution in [2.24, 2.45) is 0 Å². The normalized spacial score (nSPS) is 10.4.